The van der Waals surface area contributed by atoms with Crippen molar-refractivity contribution < 1.29 is 14.3 Å². The van der Waals surface area contributed by atoms with E-state index in [9.17, 15) is 9.59 Å². The lowest BCUT2D eigenvalue weighted by Gasteiger charge is -2.40. The normalized spacial score (nSPS) is 24.1. The summed E-state index contributed by atoms with van der Waals surface area (Å²) in [5, 5.41) is 3.71. The Morgan fingerprint density at radius 1 is 1.09 bits per heavy atom. The molecule has 0 spiro atoms. The van der Waals surface area contributed by atoms with Gasteiger partial charge in [0.1, 0.15) is 6.61 Å². The van der Waals surface area contributed by atoms with Crippen molar-refractivity contribution in [1.29, 1.82) is 0 Å². The summed E-state index contributed by atoms with van der Waals surface area (Å²) in [5.74, 6) is 0.233. The van der Waals surface area contributed by atoms with E-state index in [0.29, 0.717) is 12.1 Å². The van der Waals surface area contributed by atoms with Crippen LogP contribution in [0.4, 0.5) is 10.5 Å². The highest BCUT2D eigenvalue weighted by Crippen LogP contribution is 2.51. The number of carbonyl (C=O) groups excluding carboxylic acids is 2. The van der Waals surface area contributed by atoms with Gasteiger partial charge in [0.25, 0.3) is 5.91 Å². The molecule has 1 N–H and O–H groups in total. The second-order valence-corrected chi connectivity index (χ2v) is 9.39. The summed E-state index contributed by atoms with van der Waals surface area (Å²) in [4.78, 5) is 32.2. The van der Waals surface area contributed by atoms with Gasteiger partial charge >= 0.3 is 6.09 Å². The monoisotopic (exact) mass is 460 g/mol. The van der Waals surface area contributed by atoms with Gasteiger partial charge in [0.2, 0.25) is 0 Å². The average molecular weight is 461 g/mol. The maximum absolute atomic E-state index is 13.3. The molecule has 0 saturated carbocycles. The van der Waals surface area contributed by atoms with E-state index in [4.69, 9.17) is 4.74 Å². The molecule has 2 saturated heterocycles. The Labute approximate surface area is 201 Å². The van der Waals surface area contributed by atoms with E-state index in [2.05, 4.69) is 36.0 Å². The topological polar surface area (TPSA) is 65.1 Å². The fourth-order valence-electron chi connectivity index (χ4n) is 5.51. The molecule has 3 aliphatic rings. The van der Waals surface area contributed by atoms with Gasteiger partial charge in [-0.25, -0.2) is 4.79 Å². The van der Waals surface area contributed by atoms with Gasteiger partial charge in [-0.15, -0.1) is 0 Å². The number of hydrogen-bond donors (Lipinski definition) is 1. The first-order valence-corrected chi connectivity index (χ1v) is 12.0. The number of benzene rings is 2. The van der Waals surface area contributed by atoms with Crippen LogP contribution in [-0.4, -0.2) is 73.1 Å². The summed E-state index contributed by atoms with van der Waals surface area (Å²) < 4.78 is 5.43. The van der Waals surface area contributed by atoms with Crippen LogP contribution in [0.25, 0.3) is 0 Å². The third kappa shape index (κ3) is 4.16. The molecule has 2 aromatic rings. The van der Waals surface area contributed by atoms with E-state index in [-0.39, 0.29) is 36.6 Å². The molecule has 34 heavy (non-hydrogen) atoms. The molecule has 0 aromatic heterocycles. The number of piperazine rings is 1. The Morgan fingerprint density at radius 3 is 2.59 bits per heavy atom. The first-order chi connectivity index (χ1) is 16.6. The summed E-state index contributed by atoms with van der Waals surface area (Å²) in [6.07, 6.45) is 2.11. The molecule has 2 amide bonds. The average Bonchev–Trinajstić information content (AvgIpc) is 3.33. The van der Waals surface area contributed by atoms with Gasteiger partial charge in [0.15, 0.2) is 0 Å². The van der Waals surface area contributed by atoms with Crippen LogP contribution in [0, 0.1) is 5.92 Å². The van der Waals surface area contributed by atoms with Gasteiger partial charge in [-0.3, -0.25) is 4.79 Å². The van der Waals surface area contributed by atoms with E-state index in [1.165, 1.54) is 5.56 Å². The third-order valence-corrected chi connectivity index (χ3v) is 7.31. The number of ether oxygens (including phenoxy) is 1. The molecular formula is C27H32N4O3. The molecule has 3 aliphatic heterocycles. The fourth-order valence-corrected chi connectivity index (χ4v) is 5.51. The molecule has 0 aliphatic carbocycles. The number of likely N-dealkylation sites (N-methyl/N-ethyl adjacent to an activating group) is 1. The Balaban J connectivity index is 1.50. The van der Waals surface area contributed by atoms with Gasteiger partial charge in [-0.05, 0) is 42.8 Å². The van der Waals surface area contributed by atoms with Crippen molar-refractivity contribution in [2.24, 2.45) is 5.92 Å². The van der Waals surface area contributed by atoms with Gasteiger partial charge in [0, 0.05) is 49.9 Å². The Kier molecular flexibility index (Phi) is 6.28. The van der Waals surface area contributed by atoms with Gasteiger partial charge in [0.05, 0.1) is 12.1 Å². The lowest BCUT2D eigenvalue weighted by atomic mass is 9.79. The number of carbonyl (C=O) groups is 2. The molecule has 178 valence electrons. The minimum Gasteiger partial charge on any atom is -0.445 e. The Bertz CT molecular complexity index is 1060. The smallest absolute Gasteiger partial charge is 0.410 e. The molecular weight excluding hydrogens is 428 g/mol. The number of hydrogen-bond acceptors (Lipinski definition) is 5. The molecule has 3 atom stereocenters. The number of nitrogens with one attached hydrogen (secondary N) is 1. The van der Waals surface area contributed by atoms with Crippen LogP contribution >= 0.6 is 0 Å². The summed E-state index contributed by atoms with van der Waals surface area (Å²) in [6, 6.07) is 16.2. The molecule has 7 heteroatoms. The zero-order valence-corrected chi connectivity index (χ0v) is 19.7. The van der Waals surface area contributed by atoms with Crippen molar-refractivity contribution in [3.05, 3.63) is 77.9 Å². The van der Waals surface area contributed by atoms with Crippen LogP contribution in [0.2, 0.25) is 0 Å². The first kappa shape index (κ1) is 22.5. The quantitative estimate of drug-likeness (QED) is 0.701. The number of nitrogens with zero attached hydrogens (tertiary/aromatic N) is 3. The highest BCUT2D eigenvalue weighted by atomic mass is 16.6. The van der Waals surface area contributed by atoms with Crippen molar-refractivity contribution >= 4 is 17.7 Å². The molecule has 7 nitrogen and oxygen atoms in total. The minimum atomic E-state index is -0.331. The second-order valence-electron chi connectivity index (χ2n) is 9.39. The van der Waals surface area contributed by atoms with Gasteiger partial charge in [-0.1, -0.05) is 43.0 Å². The highest BCUT2D eigenvalue weighted by molar-refractivity contribution is 5.95. The van der Waals surface area contributed by atoms with Crippen molar-refractivity contribution in [3.8, 4) is 0 Å². The zero-order chi connectivity index (χ0) is 23.7. The molecule has 2 aromatic carbocycles. The summed E-state index contributed by atoms with van der Waals surface area (Å²) in [5.41, 5.74) is 3.83. The van der Waals surface area contributed by atoms with E-state index in [1.807, 2.05) is 46.2 Å². The van der Waals surface area contributed by atoms with E-state index >= 15 is 0 Å². The maximum Gasteiger partial charge on any atom is 0.410 e. The first-order valence-electron chi connectivity index (χ1n) is 12.0. The second kappa shape index (κ2) is 9.50. The minimum absolute atomic E-state index is 0.0522. The van der Waals surface area contributed by atoms with Crippen molar-refractivity contribution in [2.45, 2.75) is 18.5 Å². The van der Waals surface area contributed by atoms with Crippen LogP contribution in [-0.2, 0) is 4.74 Å². The van der Waals surface area contributed by atoms with Crippen LogP contribution < -0.4 is 5.32 Å². The van der Waals surface area contributed by atoms with Gasteiger partial charge in [-0.2, -0.15) is 0 Å². The number of amides is 2. The lowest BCUT2D eigenvalue weighted by Crippen LogP contribution is -2.47. The highest BCUT2D eigenvalue weighted by Gasteiger charge is 2.47. The molecule has 3 heterocycles. The molecule has 1 unspecified atom stereocenters. The number of anilines is 1. The molecule has 2 fully saturated rings. The summed E-state index contributed by atoms with van der Waals surface area (Å²) in [7, 11) is 2.08. The number of fused-ring (bicyclic) bond motifs is 3. The van der Waals surface area contributed by atoms with Crippen molar-refractivity contribution in [2.75, 3.05) is 51.7 Å². The number of rotatable bonds is 4. The SMILES string of the molecule is C=CCOC(=O)N1CC[C@H]2C(c3ccccc3)Nc3ccc(C(=O)N4CCN(C)CC4)cc3[C@H]21. The van der Waals surface area contributed by atoms with Crippen LogP contribution in [0.15, 0.2) is 61.2 Å². The van der Waals surface area contributed by atoms with E-state index < -0.39 is 0 Å². The zero-order valence-electron chi connectivity index (χ0n) is 19.7. The number of likely N-dealkylation sites (tertiary alicyclic amines) is 1. The van der Waals surface area contributed by atoms with Crippen molar-refractivity contribution in [1.82, 2.24) is 14.7 Å². The van der Waals surface area contributed by atoms with Crippen LogP contribution in [0.3, 0.4) is 0 Å². The van der Waals surface area contributed by atoms with Crippen LogP contribution in [0.1, 0.15) is 40.0 Å². The third-order valence-electron chi connectivity index (χ3n) is 7.31. The molecule has 0 bridgehead atoms. The fraction of sp³-hybridized carbons (Fsp3) is 0.407. The maximum atomic E-state index is 13.3. The predicted octanol–water partition coefficient (Wildman–Crippen LogP) is 3.93. The largest absolute Gasteiger partial charge is 0.445 e. The molecule has 0 radical (unpaired) electrons. The standard InChI is InChI=1S/C27H32N4O3/c1-3-17-34-27(33)31-12-11-21-24(19-7-5-4-6-8-19)28-23-10-9-20(18-22(23)25(21)31)26(32)30-15-13-29(2)14-16-30/h3-10,18,21,24-25,28H,1,11-17H2,2H3/t21-,24?,25-/m0/s1. The van der Waals surface area contributed by atoms with Crippen molar-refractivity contribution in [3.63, 3.8) is 0 Å². The Hall–Kier alpha value is -3.32. The van der Waals surface area contributed by atoms with Gasteiger partial charge < -0.3 is 24.8 Å². The predicted molar refractivity (Wildman–Crippen MR) is 132 cm³/mol. The molecule has 5 rings (SSSR count). The van der Waals surface area contributed by atoms with E-state index in [0.717, 1.165) is 43.9 Å². The Morgan fingerprint density at radius 2 is 1.85 bits per heavy atom. The van der Waals surface area contributed by atoms with Crippen LogP contribution in [0.5, 0.6) is 0 Å². The summed E-state index contributed by atoms with van der Waals surface area (Å²) in [6.45, 7) is 7.67. The summed E-state index contributed by atoms with van der Waals surface area (Å²) >= 11 is 0. The lowest BCUT2D eigenvalue weighted by molar-refractivity contribution is 0.0664. The van der Waals surface area contributed by atoms with E-state index in [1.54, 1.807) is 6.08 Å².